The van der Waals surface area contributed by atoms with Gasteiger partial charge in [-0.1, -0.05) is 72.6 Å². The lowest BCUT2D eigenvalue weighted by Crippen LogP contribution is -2.51. The predicted molar refractivity (Wildman–Crippen MR) is 152 cm³/mol. The fourth-order valence-electron chi connectivity index (χ4n) is 3.96. The fraction of sp³-hybridized carbons (Fsp3) is 0.310. The minimum Gasteiger partial charge on any atom is -0.354 e. The minimum absolute atomic E-state index is 0.0543. The second-order valence-corrected chi connectivity index (χ2v) is 11.5. The summed E-state index contributed by atoms with van der Waals surface area (Å²) in [7, 11) is -4.15. The maximum absolute atomic E-state index is 13.9. The molecular weight excluding hydrogens is 522 g/mol. The van der Waals surface area contributed by atoms with E-state index in [2.05, 4.69) is 5.32 Å². The number of nitrogens with one attached hydrogen (secondary N) is 1. The molecule has 0 aliphatic heterocycles. The molecule has 0 fully saturated rings. The van der Waals surface area contributed by atoms with Crippen LogP contribution in [0.1, 0.15) is 37.0 Å². The summed E-state index contributed by atoms with van der Waals surface area (Å²) >= 11 is 6.25. The van der Waals surface area contributed by atoms with Crippen LogP contribution in [0.2, 0.25) is 5.02 Å². The largest absolute Gasteiger partial charge is 0.354 e. The molecule has 9 heteroatoms. The lowest BCUT2D eigenvalue weighted by molar-refractivity contribution is -0.139. The third-order valence-electron chi connectivity index (χ3n) is 6.24. The number of carbonyl (C=O) groups excluding carboxylic acids is 2. The van der Waals surface area contributed by atoms with Crippen molar-refractivity contribution in [2.24, 2.45) is 0 Å². The standard InChI is InChI=1S/C29H34ClN3O4S/c1-5-17-31-29(35)23(4)32(19-24-9-7-6-8-10-24)28(34)20-33(27-18-25(30)14-13-22(27)3)38(36,37)26-15-11-21(2)12-16-26/h6-16,18,23H,5,17,19-20H2,1-4H3,(H,31,35)/t23-/m1/s1. The summed E-state index contributed by atoms with van der Waals surface area (Å²) in [5, 5.41) is 3.18. The number of halogens is 1. The van der Waals surface area contributed by atoms with Gasteiger partial charge in [0.1, 0.15) is 12.6 Å². The van der Waals surface area contributed by atoms with Crippen LogP contribution in [0, 0.1) is 13.8 Å². The zero-order chi connectivity index (χ0) is 27.9. The van der Waals surface area contributed by atoms with Crippen LogP contribution in [0.4, 0.5) is 5.69 Å². The van der Waals surface area contributed by atoms with Crippen LogP contribution in [0.25, 0.3) is 0 Å². The highest BCUT2D eigenvalue weighted by Crippen LogP contribution is 2.30. The van der Waals surface area contributed by atoms with Gasteiger partial charge in [0.25, 0.3) is 10.0 Å². The summed E-state index contributed by atoms with van der Waals surface area (Å²) in [5.41, 5.74) is 2.67. The Morgan fingerprint density at radius 2 is 1.63 bits per heavy atom. The summed E-state index contributed by atoms with van der Waals surface area (Å²) in [6, 6.07) is 19.8. The van der Waals surface area contributed by atoms with Crippen molar-refractivity contribution in [3.8, 4) is 0 Å². The zero-order valence-electron chi connectivity index (χ0n) is 22.1. The molecule has 0 radical (unpaired) electrons. The lowest BCUT2D eigenvalue weighted by Gasteiger charge is -2.32. The van der Waals surface area contributed by atoms with E-state index in [0.717, 1.165) is 21.9 Å². The van der Waals surface area contributed by atoms with E-state index in [9.17, 15) is 18.0 Å². The molecular formula is C29H34ClN3O4S. The Kier molecular flexibility index (Phi) is 9.94. The van der Waals surface area contributed by atoms with Gasteiger partial charge in [-0.15, -0.1) is 0 Å². The smallest absolute Gasteiger partial charge is 0.264 e. The van der Waals surface area contributed by atoms with Gasteiger partial charge in [0.15, 0.2) is 0 Å². The molecule has 2 amide bonds. The average molecular weight is 556 g/mol. The van der Waals surface area contributed by atoms with Crippen LogP contribution < -0.4 is 9.62 Å². The molecule has 3 aromatic carbocycles. The third-order valence-corrected chi connectivity index (χ3v) is 8.25. The average Bonchev–Trinajstić information content (AvgIpc) is 2.90. The van der Waals surface area contributed by atoms with Crippen LogP contribution in [0.15, 0.2) is 77.7 Å². The van der Waals surface area contributed by atoms with E-state index in [1.54, 1.807) is 38.1 Å². The fourth-order valence-corrected chi connectivity index (χ4v) is 5.60. The first-order valence-electron chi connectivity index (χ1n) is 12.5. The summed E-state index contributed by atoms with van der Waals surface area (Å²) in [5.74, 6) is -0.814. The highest BCUT2D eigenvalue weighted by molar-refractivity contribution is 7.92. The maximum atomic E-state index is 13.9. The van der Waals surface area contributed by atoms with E-state index in [4.69, 9.17) is 11.6 Å². The molecule has 202 valence electrons. The first-order valence-corrected chi connectivity index (χ1v) is 14.3. The molecule has 1 atom stereocenters. The quantitative estimate of drug-likeness (QED) is 0.357. The van der Waals surface area contributed by atoms with Gasteiger partial charge in [0.2, 0.25) is 11.8 Å². The number of amides is 2. The number of hydrogen-bond acceptors (Lipinski definition) is 4. The van der Waals surface area contributed by atoms with Crippen molar-refractivity contribution in [1.82, 2.24) is 10.2 Å². The Morgan fingerprint density at radius 1 is 0.974 bits per heavy atom. The molecule has 0 unspecified atom stereocenters. The highest BCUT2D eigenvalue weighted by atomic mass is 35.5. The summed E-state index contributed by atoms with van der Waals surface area (Å²) in [6.07, 6.45) is 0.752. The molecule has 7 nitrogen and oxygen atoms in total. The molecule has 38 heavy (non-hydrogen) atoms. The number of carbonyl (C=O) groups is 2. The molecule has 0 saturated carbocycles. The molecule has 0 aliphatic rings. The van der Waals surface area contributed by atoms with Crippen LogP contribution in [-0.4, -0.2) is 44.3 Å². The first kappa shape index (κ1) is 29.2. The molecule has 0 aliphatic carbocycles. The minimum atomic E-state index is -4.15. The molecule has 3 aromatic rings. The van der Waals surface area contributed by atoms with Crippen molar-refractivity contribution < 1.29 is 18.0 Å². The Hall–Kier alpha value is -3.36. The first-order chi connectivity index (χ1) is 18.0. The number of anilines is 1. The Bertz CT molecular complexity index is 1360. The number of nitrogens with zero attached hydrogens (tertiary/aromatic N) is 2. The molecule has 0 spiro atoms. The molecule has 1 N–H and O–H groups in total. The van der Waals surface area contributed by atoms with Gasteiger partial charge < -0.3 is 10.2 Å². The van der Waals surface area contributed by atoms with Crippen molar-refractivity contribution >= 4 is 39.1 Å². The molecule has 0 aromatic heterocycles. The number of aryl methyl sites for hydroxylation is 2. The van der Waals surface area contributed by atoms with Crippen molar-refractivity contribution in [2.75, 3.05) is 17.4 Å². The van der Waals surface area contributed by atoms with Crippen molar-refractivity contribution in [1.29, 1.82) is 0 Å². The van der Waals surface area contributed by atoms with Crippen LogP contribution in [0.5, 0.6) is 0 Å². The topological polar surface area (TPSA) is 86.8 Å². The van der Waals surface area contributed by atoms with Gasteiger partial charge in [-0.25, -0.2) is 8.42 Å². The summed E-state index contributed by atoms with van der Waals surface area (Å²) in [4.78, 5) is 28.2. The van der Waals surface area contributed by atoms with Gasteiger partial charge in [-0.2, -0.15) is 0 Å². The maximum Gasteiger partial charge on any atom is 0.264 e. The van der Waals surface area contributed by atoms with E-state index in [-0.39, 0.29) is 17.3 Å². The second kappa shape index (κ2) is 12.9. The van der Waals surface area contributed by atoms with Crippen LogP contribution in [-0.2, 0) is 26.2 Å². The number of sulfonamides is 1. The van der Waals surface area contributed by atoms with Gasteiger partial charge in [0.05, 0.1) is 10.6 Å². The number of hydrogen-bond donors (Lipinski definition) is 1. The second-order valence-electron chi connectivity index (χ2n) is 9.23. The highest BCUT2D eigenvalue weighted by Gasteiger charge is 2.33. The number of benzene rings is 3. The van der Waals surface area contributed by atoms with E-state index < -0.39 is 28.5 Å². The molecule has 0 heterocycles. The van der Waals surface area contributed by atoms with Gasteiger partial charge in [-0.3, -0.25) is 13.9 Å². The van der Waals surface area contributed by atoms with E-state index >= 15 is 0 Å². The zero-order valence-corrected chi connectivity index (χ0v) is 23.7. The van der Waals surface area contributed by atoms with E-state index in [1.807, 2.05) is 44.2 Å². The normalized spacial score (nSPS) is 12.0. The van der Waals surface area contributed by atoms with E-state index in [1.165, 1.54) is 23.1 Å². The Balaban J connectivity index is 2.05. The molecule has 0 saturated heterocycles. The lowest BCUT2D eigenvalue weighted by atomic mass is 10.1. The van der Waals surface area contributed by atoms with Gasteiger partial charge in [0, 0.05) is 18.1 Å². The molecule has 3 rings (SSSR count). The predicted octanol–water partition coefficient (Wildman–Crippen LogP) is 5.10. The molecule has 0 bridgehead atoms. The number of rotatable bonds is 11. The Labute approximate surface area is 230 Å². The Morgan fingerprint density at radius 3 is 2.26 bits per heavy atom. The summed E-state index contributed by atoms with van der Waals surface area (Å²) < 4.78 is 28.9. The summed E-state index contributed by atoms with van der Waals surface area (Å²) in [6.45, 7) is 7.34. The van der Waals surface area contributed by atoms with Crippen LogP contribution in [0.3, 0.4) is 0 Å². The monoisotopic (exact) mass is 555 g/mol. The van der Waals surface area contributed by atoms with Crippen molar-refractivity contribution in [3.05, 3.63) is 94.5 Å². The third kappa shape index (κ3) is 7.14. The van der Waals surface area contributed by atoms with E-state index in [0.29, 0.717) is 22.8 Å². The van der Waals surface area contributed by atoms with Crippen LogP contribution >= 0.6 is 11.6 Å². The van der Waals surface area contributed by atoms with Crippen molar-refractivity contribution in [2.45, 2.75) is 51.6 Å². The van der Waals surface area contributed by atoms with Gasteiger partial charge in [-0.05, 0) is 62.6 Å². The van der Waals surface area contributed by atoms with Gasteiger partial charge >= 0.3 is 0 Å². The SMILES string of the molecule is CCCNC(=O)[C@@H](C)N(Cc1ccccc1)C(=O)CN(c1cc(Cl)ccc1C)S(=O)(=O)c1ccc(C)cc1. The van der Waals surface area contributed by atoms with Crippen molar-refractivity contribution in [3.63, 3.8) is 0 Å².